The van der Waals surface area contributed by atoms with Gasteiger partial charge in [0.15, 0.2) is 5.82 Å². The lowest BCUT2D eigenvalue weighted by atomic mass is 9.80. The maximum absolute atomic E-state index is 14.0. The van der Waals surface area contributed by atoms with E-state index in [1.165, 1.54) is 22.7 Å². The van der Waals surface area contributed by atoms with Crippen molar-refractivity contribution in [3.8, 4) is 0 Å². The Morgan fingerprint density at radius 3 is 2.86 bits per heavy atom. The third-order valence-corrected chi connectivity index (χ3v) is 7.23. The number of carbonyl (C=O) groups excluding carboxylic acids is 1. The number of aromatic nitrogens is 2. The monoisotopic (exact) mass is 442 g/mol. The maximum Gasteiger partial charge on any atom is 0.254 e. The highest BCUT2D eigenvalue weighted by atomic mass is 35.5. The molecule has 0 bridgehead atoms. The SMILES string of the molecule is Cc1noc([C@]23C[C@H](NC(=O)c4cc(Cl)ccc4F)CC2CN(S(C)(=O)=O)C3)n1. The minimum absolute atomic E-state index is 0.105. The molecule has 0 spiro atoms. The van der Waals surface area contributed by atoms with Crippen molar-refractivity contribution in [2.75, 3.05) is 19.3 Å². The Kier molecular flexibility index (Phi) is 4.91. The fourth-order valence-electron chi connectivity index (χ4n) is 4.45. The van der Waals surface area contributed by atoms with Crippen molar-refractivity contribution in [1.82, 2.24) is 19.8 Å². The average Bonchev–Trinajstić information content (AvgIpc) is 3.29. The molecular weight excluding hydrogens is 423 g/mol. The molecule has 2 heterocycles. The molecule has 0 radical (unpaired) electrons. The topological polar surface area (TPSA) is 105 Å². The zero-order valence-electron chi connectivity index (χ0n) is 15.9. The van der Waals surface area contributed by atoms with Crippen LogP contribution < -0.4 is 5.32 Å². The standard InChI is InChI=1S/C18H20ClFN4O4S/c1-10-21-17(28-23-10)18-7-13(5-11(18)8-24(9-18)29(2,26)27)22-16(25)14-6-12(19)3-4-15(14)20/h3-4,6,11,13H,5,7-9H2,1-2H3,(H,22,25)/t11?,13-,18+/m1/s1. The Bertz CT molecular complexity index is 1080. The van der Waals surface area contributed by atoms with Gasteiger partial charge in [-0.2, -0.15) is 4.98 Å². The van der Waals surface area contributed by atoms with Gasteiger partial charge in [0.25, 0.3) is 5.91 Å². The molecule has 1 aliphatic heterocycles. The molecular formula is C18H20ClFN4O4S. The van der Waals surface area contributed by atoms with Crippen LogP contribution in [0.25, 0.3) is 0 Å². The fraction of sp³-hybridized carbons (Fsp3) is 0.500. The molecule has 2 aliphatic rings. The predicted octanol–water partition coefficient (Wildman–Crippen LogP) is 1.89. The molecule has 1 aromatic carbocycles. The average molecular weight is 443 g/mol. The van der Waals surface area contributed by atoms with E-state index in [0.717, 1.165) is 6.07 Å². The van der Waals surface area contributed by atoms with Gasteiger partial charge in [-0.15, -0.1) is 0 Å². The molecule has 1 saturated carbocycles. The van der Waals surface area contributed by atoms with Gasteiger partial charge in [-0.05, 0) is 43.9 Å². The number of nitrogens with zero attached hydrogens (tertiary/aromatic N) is 3. The van der Waals surface area contributed by atoms with Gasteiger partial charge < -0.3 is 9.84 Å². The number of benzene rings is 1. The zero-order valence-corrected chi connectivity index (χ0v) is 17.4. The number of hydrogen-bond donors (Lipinski definition) is 1. The summed E-state index contributed by atoms with van der Waals surface area (Å²) in [6.07, 6.45) is 2.10. The van der Waals surface area contributed by atoms with E-state index in [1.807, 2.05) is 0 Å². The number of hydrogen-bond acceptors (Lipinski definition) is 6. The van der Waals surface area contributed by atoms with Gasteiger partial charge in [-0.25, -0.2) is 17.1 Å². The van der Waals surface area contributed by atoms with Gasteiger partial charge in [0.2, 0.25) is 15.9 Å². The molecule has 1 saturated heterocycles. The second kappa shape index (κ2) is 7.03. The van der Waals surface area contributed by atoms with E-state index >= 15 is 0 Å². The van der Waals surface area contributed by atoms with Crippen LogP contribution in [0.4, 0.5) is 4.39 Å². The Balaban J connectivity index is 1.59. The summed E-state index contributed by atoms with van der Waals surface area (Å²) < 4.78 is 45.0. The van der Waals surface area contributed by atoms with E-state index in [2.05, 4.69) is 15.5 Å². The first-order valence-electron chi connectivity index (χ1n) is 9.10. The molecule has 2 fully saturated rings. The summed E-state index contributed by atoms with van der Waals surface area (Å²) in [5, 5.41) is 6.97. The van der Waals surface area contributed by atoms with Crippen molar-refractivity contribution < 1.29 is 22.1 Å². The zero-order chi connectivity index (χ0) is 21.0. The van der Waals surface area contributed by atoms with Crippen molar-refractivity contribution in [2.45, 2.75) is 31.2 Å². The van der Waals surface area contributed by atoms with Crippen LogP contribution in [0.5, 0.6) is 0 Å². The quantitative estimate of drug-likeness (QED) is 0.775. The minimum Gasteiger partial charge on any atom is -0.349 e. The van der Waals surface area contributed by atoms with Crippen LogP contribution in [-0.2, 0) is 15.4 Å². The summed E-state index contributed by atoms with van der Waals surface area (Å²) in [5.74, 6) is -0.495. The third-order valence-electron chi connectivity index (χ3n) is 5.77. The number of fused-ring (bicyclic) bond motifs is 1. The normalized spacial score (nSPS) is 27.2. The van der Waals surface area contributed by atoms with Crippen molar-refractivity contribution in [3.05, 3.63) is 46.3 Å². The van der Waals surface area contributed by atoms with Crippen LogP contribution in [0.1, 0.15) is 34.9 Å². The highest BCUT2D eigenvalue weighted by Crippen LogP contribution is 2.50. The first-order chi connectivity index (χ1) is 13.6. The van der Waals surface area contributed by atoms with Gasteiger partial charge in [-0.3, -0.25) is 4.79 Å². The van der Waals surface area contributed by atoms with Crippen LogP contribution in [0, 0.1) is 18.7 Å². The smallest absolute Gasteiger partial charge is 0.254 e. The predicted molar refractivity (Wildman–Crippen MR) is 103 cm³/mol. The molecule has 1 unspecified atom stereocenters. The Hall–Kier alpha value is -2.04. The highest BCUT2D eigenvalue weighted by molar-refractivity contribution is 7.88. The number of aryl methyl sites for hydroxylation is 1. The van der Waals surface area contributed by atoms with E-state index in [1.54, 1.807) is 6.92 Å². The first-order valence-corrected chi connectivity index (χ1v) is 11.3. The van der Waals surface area contributed by atoms with E-state index in [0.29, 0.717) is 31.1 Å². The molecule has 3 atom stereocenters. The van der Waals surface area contributed by atoms with E-state index in [9.17, 15) is 17.6 Å². The summed E-state index contributed by atoms with van der Waals surface area (Å²) in [7, 11) is -3.39. The summed E-state index contributed by atoms with van der Waals surface area (Å²) in [6, 6.07) is 3.51. The molecule has 1 amide bonds. The van der Waals surface area contributed by atoms with E-state index in [-0.39, 0.29) is 29.1 Å². The fourth-order valence-corrected chi connectivity index (χ4v) is 5.54. The molecule has 4 rings (SSSR count). The molecule has 1 N–H and O–H groups in total. The lowest BCUT2D eigenvalue weighted by Gasteiger charge is -2.24. The molecule has 1 aliphatic carbocycles. The Labute approximate surface area is 172 Å². The van der Waals surface area contributed by atoms with Crippen LogP contribution >= 0.6 is 11.6 Å². The lowest BCUT2D eigenvalue weighted by Crippen LogP contribution is -2.39. The Morgan fingerprint density at radius 2 is 2.21 bits per heavy atom. The number of halogens is 2. The van der Waals surface area contributed by atoms with Crippen molar-refractivity contribution in [2.24, 2.45) is 5.92 Å². The van der Waals surface area contributed by atoms with E-state index in [4.69, 9.17) is 16.1 Å². The molecule has 11 heteroatoms. The summed E-state index contributed by atoms with van der Waals surface area (Å²) in [5.41, 5.74) is -0.815. The molecule has 156 valence electrons. The third kappa shape index (κ3) is 3.64. The molecule has 8 nitrogen and oxygen atoms in total. The molecule has 29 heavy (non-hydrogen) atoms. The van der Waals surface area contributed by atoms with Crippen molar-refractivity contribution in [3.63, 3.8) is 0 Å². The molecule has 1 aromatic heterocycles. The second-order valence-electron chi connectivity index (χ2n) is 7.79. The second-order valence-corrected chi connectivity index (χ2v) is 10.2. The summed E-state index contributed by atoms with van der Waals surface area (Å²) >= 11 is 5.88. The summed E-state index contributed by atoms with van der Waals surface area (Å²) in [4.78, 5) is 16.9. The maximum atomic E-state index is 14.0. The van der Waals surface area contributed by atoms with Gasteiger partial charge in [-0.1, -0.05) is 16.8 Å². The number of carbonyl (C=O) groups is 1. The molecule has 2 aromatic rings. The lowest BCUT2D eigenvalue weighted by molar-refractivity contribution is 0.0930. The van der Waals surface area contributed by atoms with Crippen LogP contribution in [0.15, 0.2) is 22.7 Å². The number of sulfonamides is 1. The van der Waals surface area contributed by atoms with Crippen molar-refractivity contribution in [1.29, 1.82) is 0 Å². The van der Waals surface area contributed by atoms with Crippen LogP contribution in [0.3, 0.4) is 0 Å². The van der Waals surface area contributed by atoms with Crippen LogP contribution in [0.2, 0.25) is 5.02 Å². The van der Waals surface area contributed by atoms with E-state index < -0.39 is 27.2 Å². The number of amides is 1. The van der Waals surface area contributed by atoms with Gasteiger partial charge in [0.1, 0.15) is 5.82 Å². The summed E-state index contributed by atoms with van der Waals surface area (Å²) in [6.45, 7) is 2.20. The van der Waals surface area contributed by atoms with Crippen LogP contribution in [-0.4, -0.2) is 54.2 Å². The minimum atomic E-state index is -3.39. The number of nitrogens with one attached hydrogen (secondary N) is 1. The van der Waals surface area contributed by atoms with Gasteiger partial charge >= 0.3 is 0 Å². The first kappa shape index (κ1) is 20.2. The largest absolute Gasteiger partial charge is 0.349 e. The Morgan fingerprint density at radius 1 is 1.45 bits per heavy atom. The number of rotatable bonds is 4. The highest BCUT2D eigenvalue weighted by Gasteiger charge is 2.59. The van der Waals surface area contributed by atoms with Gasteiger partial charge in [0, 0.05) is 24.2 Å². The van der Waals surface area contributed by atoms with Gasteiger partial charge in [0.05, 0.1) is 17.2 Å². The van der Waals surface area contributed by atoms with Crippen molar-refractivity contribution >= 4 is 27.5 Å².